The minimum atomic E-state index is -0.481. The summed E-state index contributed by atoms with van der Waals surface area (Å²) in [7, 11) is 0. The molecule has 3 aliphatic rings. The van der Waals surface area contributed by atoms with E-state index in [4.69, 9.17) is 24.7 Å². The molecule has 7 heteroatoms. The van der Waals surface area contributed by atoms with Gasteiger partial charge in [0.15, 0.2) is 12.1 Å². The molecule has 40 heavy (non-hydrogen) atoms. The molecule has 3 heterocycles. The van der Waals surface area contributed by atoms with E-state index in [1.807, 2.05) is 24.3 Å². The second-order valence-electron chi connectivity index (χ2n) is 11.3. The van der Waals surface area contributed by atoms with Gasteiger partial charge in [-0.3, -0.25) is 0 Å². The molecule has 3 aliphatic heterocycles. The summed E-state index contributed by atoms with van der Waals surface area (Å²) in [5, 5.41) is 9.54. The van der Waals surface area contributed by atoms with Crippen molar-refractivity contribution in [3.63, 3.8) is 0 Å². The molecule has 3 N–H and O–H groups in total. The minimum Gasteiger partial charge on any atom is -0.392 e. The van der Waals surface area contributed by atoms with E-state index >= 15 is 0 Å². The Morgan fingerprint density at radius 3 is 2.23 bits per heavy atom. The molecule has 212 valence electrons. The Bertz CT molecular complexity index is 1250. The number of piperidine rings is 1. The van der Waals surface area contributed by atoms with Gasteiger partial charge in [0.2, 0.25) is 0 Å². The number of hydrogen-bond donors (Lipinski definition) is 2. The topological polar surface area (TPSA) is 86.4 Å². The normalized spacial score (nSPS) is 26.8. The number of aliphatic hydroxyl groups excluding tert-OH is 1. The number of aliphatic hydroxyl groups is 1. The second-order valence-corrected chi connectivity index (χ2v) is 11.3. The largest absolute Gasteiger partial charge is 0.392 e. The Morgan fingerprint density at radius 1 is 0.850 bits per heavy atom. The van der Waals surface area contributed by atoms with E-state index in [-0.39, 0.29) is 30.5 Å². The molecule has 6 rings (SSSR count). The summed E-state index contributed by atoms with van der Waals surface area (Å²) < 4.78 is 25.2. The van der Waals surface area contributed by atoms with Crippen molar-refractivity contribution in [2.24, 2.45) is 11.7 Å². The molecule has 1 spiro atoms. The quantitative estimate of drug-likeness (QED) is 0.436. The standard InChI is InChI=1S/C33H40N2O5/c1-23-30(21-35-15-13-33(14-16-35)37-17-18-38-33)39-32(40-31(23)27-7-5-24(22-36)6-8-27)28-11-9-26(10-12-28)29-4-2-3-25(19-29)20-34/h2-12,19,23,30-32,36H,13-18,20-22,34H2,1H3. The third-order valence-corrected chi connectivity index (χ3v) is 8.67. The van der Waals surface area contributed by atoms with Crippen molar-refractivity contribution in [2.45, 2.75) is 57.2 Å². The first-order chi connectivity index (χ1) is 19.6. The zero-order chi connectivity index (χ0) is 27.5. The van der Waals surface area contributed by atoms with Crippen LogP contribution < -0.4 is 5.73 Å². The van der Waals surface area contributed by atoms with Crippen LogP contribution in [-0.2, 0) is 32.1 Å². The summed E-state index contributed by atoms with van der Waals surface area (Å²) in [6, 6.07) is 24.9. The van der Waals surface area contributed by atoms with Gasteiger partial charge in [-0.2, -0.15) is 0 Å². The van der Waals surface area contributed by atoms with Crippen LogP contribution in [0.3, 0.4) is 0 Å². The number of nitrogens with two attached hydrogens (primary N) is 1. The van der Waals surface area contributed by atoms with Crippen molar-refractivity contribution in [1.82, 2.24) is 4.90 Å². The number of benzene rings is 3. The lowest BCUT2D eigenvalue weighted by molar-refractivity contribution is -0.278. The van der Waals surface area contributed by atoms with E-state index < -0.39 is 6.29 Å². The van der Waals surface area contributed by atoms with Gasteiger partial charge < -0.3 is 34.7 Å². The Kier molecular flexibility index (Phi) is 8.32. The van der Waals surface area contributed by atoms with Gasteiger partial charge in [-0.25, -0.2) is 0 Å². The third-order valence-electron chi connectivity index (χ3n) is 8.67. The summed E-state index contributed by atoms with van der Waals surface area (Å²) in [4.78, 5) is 2.47. The molecule has 0 bridgehead atoms. The number of ether oxygens (including phenoxy) is 4. The highest BCUT2D eigenvalue weighted by Crippen LogP contribution is 2.42. The van der Waals surface area contributed by atoms with Gasteiger partial charge in [0.05, 0.1) is 32.0 Å². The highest BCUT2D eigenvalue weighted by molar-refractivity contribution is 5.64. The third kappa shape index (κ3) is 5.87. The molecule has 3 saturated heterocycles. The summed E-state index contributed by atoms with van der Waals surface area (Å²) in [5.74, 6) is -0.242. The molecule has 3 aromatic carbocycles. The van der Waals surface area contributed by atoms with Crippen molar-refractivity contribution < 1.29 is 24.1 Å². The lowest BCUT2D eigenvalue weighted by atomic mass is 9.89. The van der Waals surface area contributed by atoms with E-state index in [9.17, 15) is 5.11 Å². The zero-order valence-electron chi connectivity index (χ0n) is 23.2. The molecule has 7 nitrogen and oxygen atoms in total. The van der Waals surface area contributed by atoms with Gasteiger partial charge in [-0.15, -0.1) is 0 Å². The Labute approximate surface area is 236 Å². The fraction of sp³-hybridized carbons (Fsp3) is 0.455. The van der Waals surface area contributed by atoms with Gasteiger partial charge in [-0.1, -0.05) is 73.7 Å². The maximum Gasteiger partial charge on any atom is 0.184 e. The first kappa shape index (κ1) is 27.5. The monoisotopic (exact) mass is 544 g/mol. The summed E-state index contributed by atoms with van der Waals surface area (Å²) in [6.45, 7) is 6.81. The predicted molar refractivity (Wildman–Crippen MR) is 153 cm³/mol. The van der Waals surface area contributed by atoms with Crippen LogP contribution in [0.25, 0.3) is 11.1 Å². The van der Waals surface area contributed by atoms with E-state index in [2.05, 4.69) is 60.4 Å². The maximum absolute atomic E-state index is 9.54. The van der Waals surface area contributed by atoms with Crippen LogP contribution >= 0.6 is 0 Å². The van der Waals surface area contributed by atoms with Crippen molar-refractivity contribution in [3.8, 4) is 11.1 Å². The molecule has 0 amide bonds. The fourth-order valence-electron chi connectivity index (χ4n) is 6.16. The molecule has 0 aliphatic carbocycles. The van der Waals surface area contributed by atoms with Crippen LogP contribution in [0.1, 0.15) is 54.4 Å². The molecule has 3 aromatic rings. The molecule has 0 radical (unpaired) electrons. The molecule has 4 unspecified atom stereocenters. The Morgan fingerprint density at radius 2 is 1.55 bits per heavy atom. The Hall–Kier alpha value is -2.62. The van der Waals surface area contributed by atoms with Crippen LogP contribution in [0.5, 0.6) is 0 Å². The van der Waals surface area contributed by atoms with Crippen molar-refractivity contribution in [1.29, 1.82) is 0 Å². The smallest absolute Gasteiger partial charge is 0.184 e. The number of likely N-dealkylation sites (tertiary alicyclic amines) is 1. The van der Waals surface area contributed by atoms with Gasteiger partial charge in [0.25, 0.3) is 0 Å². The number of hydrogen-bond acceptors (Lipinski definition) is 7. The van der Waals surface area contributed by atoms with E-state index in [1.165, 1.54) is 0 Å². The summed E-state index contributed by atoms with van der Waals surface area (Å²) in [6.07, 6.45) is 1.14. The lowest BCUT2D eigenvalue weighted by Gasteiger charge is -2.44. The molecule has 3 fully saturated rings. The average Bonchev–Trinajstić information content (AvgIpc) is 3.47. The highest BCUT2D eigenvalue weighted by Gasteiger charge is 2.43. The Balaban J connectivity index is 1.22. The first-order valence-corrected chi connectivity index (χ1v) is 14.5. The van der Waals surface area contributed by atoms with Gasteiger partial charge in [0.1, 0.15) is 0 Å². The van der Waals surface area contributed by atoms with Crippen molar-refractivity contribution >= 4 is 0 Å². The van der Waals surface area contributed by atoms with E-state index in [0.29, 0.717) is 19.8 Å². The van der Waals surface area contributed by atoms with Gasteiger partial charge >= 0.3 is 0 Å². The van der Waals surface area contributed by atoms with Crippen LogP contribution in [0, 0.1) is 5.92 Å². The average molecular weight is 545 g/mol. The van der Waals surface area contributed by atoms with Crippen molar-refractivity contribution in [3.05, 3.63) is 95.1 Å². The van der Waals surface area contributed by atoms with Gasteiger partial charge in [-0.05, 0) is 33.9 Å². The predicted octanol–water partition coefficient (Wildman–Crippen LogP) is 4.93. The molecule has 4 atom stereocenters. The van der Waals surface area contributed by atoms with Crippen LogP contribution in [0.15, 0.2) is 72.8 Å². The number of rotatable bonds is 7. The van der Waals surface area contributed by atoms with Crippen molar-refractivity contribution in [2.75, 3.05) is 32.8 Å². The lowest BCUT2D eigenvalue weighted by Crippen LogP contribution is -2.50. The zero-order valence-corrected chi connectivity index (χ0v) is 23.2. The molecule has 0 aromatic heterocycles. The highest BCUT2D eigenvalue weighted by atomic mass is 16.7. The minimum absolute atomic E-state index is 0.0124. The molecular formula is C33H40N2O5. The van der Waals surface area contributed by atoms with Gasteiger partial charge in [0, 0.05) is 50.5 Å². The summed E-state index contributed by atoms with van der Waals surface area (Å²) in [5.41, 5.74) is 12.2. The van der Waals surface area contributed by atoms with E-state index in [1.54, 1.807) is 0 Å². The van der Waals surface area contributed by atoms with Crippen LogP contribution in [0.4, 0.5) is 0 Å². The summed E-state index contributed by atoms with van der Waals surface area (Å²) >= 11 is 0. The second kappa shape index (κ2) is 12.1. The van der Waals surface area contributed by atoms with E-state index in [0.717, 1.165) is 65.9 Å². The van der Waals surface area contributed by atoms with Crippen LogP contribution in [0.2, 0.25) is 0 Å². The maximum atomic E-state index is 9.54. The SMILES string of the molecule is CC1C(CN2CCC3(CC2)OCCO3)OC(c2ccc(-c3cccc(CN)c3)cc2)OC1c1ccc(CO)cc1. The molecular weight excluding hydrogens is 504 g/mol. The number of nitrogens with zero attached hydrogens (tertiary/aromatic N) is 1. The van der Waals surface area contributed by atoms with Crippen LogP contribution in [-0.4, -0.2) is 54.7 Å². The first-order valence-electron chi connectivity index (χ1n) is 14.5. The molecule has 0 saturated carbocycles. The fourth-order valence-corrected chi connectivity index (χ4v) is 6.16.